The summed E-state index contributed by atoms with van der Waals surface area (Å²) < 4.78 is 12.7. The van der Waals surface area contributed by atoms with Gasteiger partial charge in [-0.25, -0.2) is 4.68 Å². The zero-order chi connectivity index (χ0) is 20.1. The van der Waals surface area contributed by atoms with Gasteiger partial charge in [-0.2, -0.15) is 5.10 Å². The van der Waals surface area contributed by atoms with Gasteiger partial charge in [0.1, 0.15) is 17.3 Å². The molecular formula is C22H25N3O3. The summed E-state index contributed by atoms with van der Waals surface area (Å²) in [6.07, 6.45) is 1.03. The van der Waals surface area contributed by atoms with Crippen LogP contribution in [0.25, 0.3) is 0 Å². The van der Waals surface area contributed by atoms with E-state index >= 15 is 0 Å². The van der Waals surface area contributed by atoms with Crippen LogP contribution in [0.3, 0.4) is 0 Å². The van der Waals surface area contributed by atoms with E-state index < -0.39 is 6.10 Å². The van der Waals surface area contributed by atoms with Gasteiger partial charge in [-0.3, -0.25) is 4.79 Å². The molecule has 1 amide bonds. The van der Waals surface area contributed by atoms with Gasteiger partial charge < -0.3 is 14.8 Å². The second-order valence-electron chi connectivity index (χ2n) is 6.79. The van der Waals surface area contributed by atoms with E-state index in [4.69, 9.17) is 9.47 Å². The molecule has 0 radical (unpaired) electrons. The van der Waals surface area contributed by atoms with Crippen molar-refractivity contribution in [3.8, 4) is 11.5 Å². The van der Waals surface area contributed by atoms with Gasteiger partial charge in [0.15, 0.2) is 6.10 Å². The number of nitrogens with one attached hydrogen (secondary N) is 1. The number of rotatable bonds is 7. The Kier molecular flexibility index (Phi) is 5.99. The Morgan fingerprint density at radius 3 is 2.39 bits per heavy atom. The molecule has 6 heteroatoms. The average molecular weight is 379 g/mol. The highest BCUT2D eigenvalue weighted by molar-refractivity contribution is 5.93. The number of benzene rings is 2. The van der Waals surface area contributed by atoms with Crippen molar-refractivity contribution in [2.24, 2.45) is 0 Å². The zero-order valence-electron chi connectivity index (χ0n) is 16.6. The molecule has 0 saturated heterocycles. The number of hydrogen-bond donors (Lipinski definition) is 1. The Bertz CT molecular complexity index is 928. The van der Waals surface area contributed by atoms with Crippen LogP contribution in [0.4, 0.5) is 5.82 Å². The lowest BCUT2D eigenvalue weighted by Crippen LogP contribution is -2.31. The number of aromatic nitrogens is 2. The predicted octanol–water partition coefficient (Wildman–Crippen LogP) is 3.96. The third-order valence-corrected chi connectivity index (χ3v) is 4.34. The lowest BCUT2D eigenvalue weighted by atomic mass is 10.1. The molecule has 3 rings (SSSR count). The molecule has 3 aromatic rings. The summed E-state index contributed by atoms with van der Waals surface area (Å²) in [4.78, 5) is 12.6. The van der Waals surface area contributed by atoms with Crippen LogP contribution in [0.2, 0.25) is 0 Å². The molecule has 1 heterocycles. The Labute approximate surface area is 165 Å². The van der Waals surface area contributed by atoms with E-state index in [-0.39, 0.29) is 5.91 Å². The minimum absolute atomic E-state index is 0.226. The molecule has 1 aromatic heterocycles. The van der Waals surface area contributed by atoms with Crippen molar-refractivity contribution in [1.29, 1.82) is 0 Å². The maximum Gasteiger partial charge on any atom is 0.266 e. The number of amides is 1. The van der Waals surface area contributed by atoms with Crippen LogP contribution in [-0.4, -0.2) is 28.9 Å². The summed E-state index contributed by atoms with van der Waals surface area (Å²) in [5.41, 5.74) is 3.25. The molecule has 0 saturated carbocycles. The Hall–Kier alpha value is -3.28. The first-order valence-electron chi connectivity index (χ1n) is 9.15. The van der Waals surface area contributed by atoms with Crippen LogP contribution in [0.15, 0.2) is 54.7 Å². The van der Waals surface area contributed by atoms with Crippen molar-refractivity contribution in [3.05, 3.63) is 71.4 Å². The fourth-order valence-corrected chi connectivity index (χ4v) is 2.96. The first kappa shape index (κ1) is 19.5. The first-order chi connectivity index (χ1) is 13.4. The second-order valence-corrected chi connectivity index (χ2v) is 6.79. The summed E-state index contributed by atoms with van der Waals surface area (Å²) >= 11 is 0. The number of carbonyl (C=O) groups excluding carboxylic acids is 1. The fourth-order valence-electron chi connectivity index (χ4n) is 2.96. The first-order valence-corrected chi connectivity index (χ1v) is 9.15. The van der Waals surface area contributed by atoms with Crippen LogP contribution in [0, 0.1) is 13.8 Å². The molecule has 0 aliphatic rings. The van der Waals surface area contributed by atoms with Gasteiger partial charge in [0.25, 0.3) is 5.91 Å². The molecule has 28 heavy (non-hydrogen) atoms. The molecular weight excluding hydrogens is 354 g/mol. The smallest absolute Gasteiger partial charge is 0.266 e. The highest BCUT2D eigenvalue weighted by Crippen LogP contribution is 2.19. The number of aryl methyl sites for hydroxylation is 2. The van der Waals surface area contributed by atoms with Gasteiger partial charge >= 0.3 is 0 Å². The van der Waals surface area contributed by atoms with Gasteiger partial charge in [-0.15, -0.1) is 0 Å². The standard InChI is InChI=1S/C22H25N3O3/c1-15-11-16(2)13-20(12-15)28-17(3)22(26)24-21-9-10-23-25(21)14-18-5-7-19(27-4)8-6-18/h5-13,17H,14H2,1-4H3,(H,24,26)/t17-/m1/s1. The second kappa shape index (κ2) is 8.61. The largest absolute Gasteiger partial charge is 0.497 e. The number of anilines is 1. The van der Waals surface area contributed by atoms with E-state index in [0.29, 0.717) is 18.1 Å². The van der Waals surface area contributed by atoms with Crippen LogP contribution in [0.5, 0.6) is 11.5 Å². The number of nitrogens with zero attached hydrogens (tertiary/aromatic N) is 2. The average Bonchev–Trinajstić information content (AvgIpc) is 3.08. The minimum atomic E-state index is -0.634. The van der Waals surface area contributed by atoms with Gasteiger partial charge in [0.05, 0.1) is 19.9 Å². The Balaban J connectivity index is 1.64. The quantitative estimate of drug-likeness (QED) is 0.675. The van der Waals surface area contributed by atoms with Crippen molar-refractivity contribution >= 4 is 11.7 Å². The summed E-state index contributed by atoms with van der Waals surface area (Å²) in [6, 6.07) is 15.4. The van der Waals surface area contributed by atoms with Crippen molar-refractivity contribution in [3.63, 3.8) is 0 Å². The maximum absolute atomic E-state index is 12.6. The monoisotopic (exact) mass is 379 g/mol. The maximum atomic E-state index is 12.6. The predicted molar refractivity (Wildman–Crippen MR) is 109 cm³/mol. The van der Waals surface area contributed by atoms with Gasteiger partial charge in [0, 0.05) is 6.07 Å². The Morgan fingerprint density at radius 2 is 1.75 bits per heavy atom. The zero-order valence-corrected chi connectivity index (χ0v) is 16.6. The van der Waals surface area contributed by atoms with Crippen molar-refractivity contribution in [2.75, 3.05) is 12.4 Å². The summed E-state index contributed by atoms with van der Waals surface area (Å²) in [6.45, 7) is 6.28. The number of hydrogen-bond acceptors (Lipinski definition) is 4. The van der Waals surface area contributed by atoms with Gasteiger partial charge in [0.2, 0.25) is 0 Å². The highest BCUT2D eigenvalue weighted by Gasteiger charge is 2.17. The fraction of sp³-hybridized carbons (Fsp3) is 0.273. The van der Waals surface area contributed by atoms with E-state index in [2.05, 4.69) is 16.5 Å². The van der Waals surface area contributed by atoms with Crippen molar-refractivity contribution in [2.45, 2.75) is 33.4 Å². The number of methoxy groups -OCH3 is 1. The molecule has 6 nitrogen and oxygen atoms in total. The van der Waals surface area contributed by atoms with Crippen molar-refractivity contribution in [1.82, 2.24) is 9.78 Å². The molecule has 0 unspecified atom stereocenters. The Morgan fingerprint density at radius 1 is 1.07 bits per heavy atom. The summed E-state index contributed by atoms with van der Waals surface area (Å²) in [5, 5.41) is 7.20. The lowest BCUT2D eigenvalue weighted by Gasteiger charge is -2.16. The molecule has 1 atom stereocenters. The van der Waals surface area contributed by atoms with E-state index in [1.54, 1.807) is 31.0 Å². The van der Waals surface area contributed by atoms with Crippen LogP contribution < -0.4 is 14.8 Å². The number of carbonyl (C=O) groups is 1. The molecule has 0 bridgehead atoms. The minimum Gasteiger partial charge on any atom is -0.497 e. The van der Waals surface area contributed by atoms with Gasteiger partial charge in [-0.05, 0) is 61.7 Å². The van der Waals surface area contributed by atoms with Crippen LogP contribution >= 0.6 is 0 Å². The molecule has 0 spiro atoms. The molecule has 0 fully saturated rings. The molecule has 1 N–H and O–H groups in total. The van der Waals surface area contributed by atoms with E-state index in [1.165, 1.54) is 0 Å². The summed E-state index contributed by atoms with van der Waals surface area (Å²) in [7, 11) is 1.64. The highest BCUT2D eigenvalue weighted by atomic mass is 16.5. The SMILES string of the molecule is COc1ccc(Cn2nccc2NC(=O)[C@@H](C)Oc2cc(C)cc(C)c2)cc1. The van der Waals surface area contributed by atoms with E-state index in [1.807, 2.05) is 50.2 Å². The normalized spacial score (nSPS) is 11.7. The van der Waals surface area contributed by atoms with Gasteiger partial charge in [-0.1, -0.05) is 18.2 Å². The molecule has 0 aliphatic carbocycles. The number of ether oxygens (including phenoxy) is 2. The van der Waals surface area contributed by atoms with Crippen LogP contribution in [0.1, 0.15) is 23.6 Å². The lowest BCUT2D eigenvalue weighted by molar-refractivity contribution is -0.122. The third kappa shape index (κ3) is 4.91. The topological polar surface area (TPSA) is 65.4 Å². The molecule has 2 aromatic carbocycles. The molecule has 146 valence electrons. The van der Waals surface area contributed by atoms with Crippen molar-refractivity contribution < 1.29 is 14.3 Å². The van der Waals surface area contributed by atoms with E-state index in [0.717, 1.165) is 22.4 Å². The van der Waals surface area contributed by atoms with E-state index in [9.17, 15) is 4.79 Å². The third-order valence-electron chi connectivity index (χ3n) is 4.34. The van der Waals surface area contributed by atoms with Crippen LogP contribution in [-0.2, 0) is 11.3 Å². The molecule has 0 aliphatic heterocycles. The summed E-state index contributed by atoms with van der Waals surface area (Å²) in [5.74, 6) is 1.88.